The Bertz CT molecular complexity index is 829. The number of carbonyl (C=O) groups excluding carboxylic acids is 2. The van der Waals surface area contributed by atoms with Crippen molar-refractivity contribution < 1.29 is 9.59 Å². The minimum absolute atomic E-state index is 0.105. The summed E-state index contributed by atoms with van der Waals surface area (Å²) in [4.78, 5) is 32.1. The van der Waals surface area contributed by atoms with Gasteiger partial charge in [0.15, 0.2) is 5.82 Å². The second-order valence-electron chi connectivity index (χ2n) is 7.53. The van der Waals surface area contributed by atoms with Gasteiger partial charge in [0.2, 0.25) is 0 Å². The van der Waals surface area contributed by atoms with Gasteiger partial charge in [-0.2, -0.15) is 0 Å². The number of benzene rings is 1. The Labute approximate surface area is 166 Å². The van der Waals surface area contributed by atoms with Crippen LogP contribution in [0, 0.1) is 0 Å². The van der Waals surface area contributed by atoms with Crippen LogP contribution in [0.25, 0.3) is 0 Å². The van der Waals surface area contributed by atoms with Crippen molar-refractivity contribution in [3.05, 3.63) is 53.1 Å². The van der Waals surface area contributed by atoms with Gasteiger partial charge in [0, 0.05) is 20.1 Å². The van der Waals surface area contributed by atoms with Gasteiger partial charge in [-0.1, -0.05) is 43.7 Å². The van der Waals surface area contributed by atoms with E-state index in [4.69, 9.17) is 0 Å². The zero-order valence-corrected chi connectivity index (χ0v) is 17.1. The van der Waals surface area contributed by atoms with Crippen molar-refractivity contribution >= 4 is 11.8 Å². The topological polar surface area (TPSA) is 67.2 Å². The maximum absolute atomic E-state index is 13.0. The molecule has 0 radical (unpaired) electrons. The van der Waals surface area contributed by atoms with E-state index in [1.807, 2.05) is 41.8 Å². The molecule has 0 spiro atoms. The van der Waals surface area contributed by atoms with Gasteiger partial charge in [-0.15, -0.1) is 0 Å². The first-order valence-corrected chi connectivity index (χ1v) is 10.2. The number of fused-ring (bicyclic) bond motifs is 1. The van der Waals surface area contributed by atoms with E-state index in [1.54, 1.807) is 11.9 Å². The molecule has 1 unspecified atom stereocenters. The summed E-state index contributed by atoms with van der Waals surface area (Å²) in [5.74, 6) is 0.0786. The molecule has 2 amide bonds. The van der Waals surface area contributed by atoms with Gasteiger partial charge < -0.3 is 14.8 Å². The van der Waals surface area contributed by atoms with Crippen LogP contribution < -0.4 is 5.32 Å². The van der Waals surface area contributed by atoms with Crippen LogP contribution in [0.3, 0.4) is 0 Å². The smallest absolute Gasteiger partial charge is 0.289 e. The molecule has 2 heterocycles. The number of hydrogen-bond acceptors (Lipinski definition) is 3. The number of rotatable bonds is 7. The highest BCUT2D eigenvalue weighted by atomic mass is 16.2. The van der Waals surface area contributed by atoms with Gasteiger partial charge in [0.05, 0.1) is 11.7 Å². The molecular weight excluding hydrogens is 352 g/mol. The Hall–Kier alpha value is -2.63. The lowest BCUT2D eigenvalue weighted by Gasteiger charge is -2.20. The van der Waals surface area contributed by atoms with Crippen LogP contribution in [0.1, 0.15) is 77.9 Å². The maximum Gasteiger partial charge on any atom is 0.289 e. The molecule has 1 aromatic heterocycles. The summed E-state index contributed by atoms with van der Waals surface area (Å²) in [5.41, 5.74) is 2.32. The molecule has 6 heteroatoms. The average Bonchev–Trinajstić information content (AvgIpc) is 3.11. The Morgan fingerprint density at radius 3 is 2.71 bits per heavy atom. The molecule has 0 saturated heterocycles. The zero-order valence-electron chi connectivity index (χ0n) is 17.1. The normalized spacial score (nSPS) is 14.2. The van der Waals surface area contributed by atoms with E-state index in [1.165, 1.54) is 0 Å². The molecule has 2 aromatic rings. The fraction of sp³-hybridized carbons (Fsp3) is 0.500. The number of nitrogens with one attached hydrogen (secondary N) is 1. The molecule has 6 nitrogen and oxygen atoms in total. The molecule has 3 rings (SSSR count). The first-order chi connectivity index (χ1) is 13.5. The summed E-state index contributed by atoms with van der Waals surface area (Å²) in [7, 11) is 1.81. The average molecular weight is 383 g/mol. The summed E-state index contributed by atoms with van der Waals surface area (Å²) in [6.07, 6.45) is 4.78. The lowest BCUT2D eigenvalue weighted by Crippen LogP contribution is -2.31. The standard InChI is InChI=1S/C22H30N4O2/c1-4-5-14-25(3)22(28)20-24-19(18-13-9-10-15-26(18)20)21(27)23-16(2)17-11-7-6-8-12-17/h6-8,11-12,16H,4-5,9-10,13-15H2,1-3H3,(H,23,27). The third-order valence-electron chi connectivity index (χ3n) is 5.37. The van der Waals surface area contributed by atoms with Gasteiger partial charge in [-0.05, 0) is 38.2 Å². The van der Waals surface area contributed by atoms with Gasteiger partial charge >= 0.3 is 0 Å². The number of imidazole rings is 1. The predicted octanol–water partition coefficient (Wildman–Crippen LogP) is 3.58. The molecule has 1 atom stereocenters. The van der Waals surface area contributed by atoms with E-state index in [9.17, 15) is 9.59 Å². The molecule has 1 N–H and O–H groups in total. The van der Waals surface area contributed by atoms with Crippen LogP contribution in [0.5, 0.6) is 0 Å². The maximum atomic E-state index is 13.0. The van der Waals surface area contributed by atoms with Crippen LogP contribution in [0.15, 0.2) is 30.3 Å². The fourth-order valence-electron chi connectivity index (χ4n) is 3.65. The van der Waals surface area contributed by atoms with Gasteiger partial charge in [-0.3, -0.25) is 9.59 Å². The molecule has 0 saturated carbocycles. The Morgan fingerprint density at radius 2 is 2.00 bits per heavy atom. The third kappa shape index (κ3) is 4.26. The number of aromatic nitrogens is 2. The fourth-order valence-corrected chi connectivity index (χ4v) is 3.65. The largest absolute Gasteiger partial charge is 0.344 e. The second kappa shape index (κ2) is 9.04. The van der Waals surface area contributed by atoms with E-state index in [2.05, 4.69) is 17.2 Å². The summed E-state index contributed by atoms with van der Waals surface area (Å²) < 4.78 is 1.95. The number of carbonyl (C=O) groups is 2. The number of hydrogen-bond donors (Lipinski definition) is 1. The highest BCUT2D eigenvalue weighted by molar-refractivity contribution is 5.97. The highest BCUT2D eigenvalue weighted by Gasteiger charge is 2.29. The summed E-state index contributed by atoms with van der Waals surface area (Å²) in [6, 6.07) is 9.73. The van der Waals surface area contributed by atoms with Gasteiger partial charge in [-0.25, -0.2) is 4.98 Å². The van der Waals surface area contributed by atoms with Gasteiger partial charge in [0.1, 0.15) is 5.69 Å². The summed E-state index contributed by atoms with van der Waals surface area (Å²) >= 11 is 0. The molecule has 150 valence electrons. The van der Waals surface area contributed by atoms with Crippen LogP contribution in [0.4, 0.5) is 0 Å². The molecule has 0 aliphatic carbocycles. The molecule has 1 aliphatic rings. The van der Waals surface area contributed by atoms with Crippen LogP contribution in [-0.4, -0.2) is 39.9 Å². The second-order valence-corrected chi connectivity index (χ2v) is 7.53. The molecule has 1 aromatic carbocycles. The van der Waals surface area contributed by atoms with Crippen molar-refractivity contribution in [2.45, 2.75) is 58.5 Å². The van der Waals surface area contributed by atoms with Crippen LogP contribution in [-0.2, 0) is 13.0 Å². The minimum Gasteiger partial charge on any atom is -0.344 e. The molecule has 1 aliphatic heterocycles. The van der Waals surface area contributed by atoms with E-state index in [-0.39, 0.29) is 17.9 Å². The van der Waals surface area contributed by atoms with Crippen molar-refractivity contribution in [1.82, 2.24) is 19.8 Å². The SMILES string of the molecule is CCCCN(C)C(=O)c1nc(C(=O)NC(C)c2ccccc2)c2n1CCCC2. The lowest BCUT2D eigenvalue weighted by atomic mass is 10.1. The monoisotopic (exact) mass is 382 g/mol. The van der Waals surface area contributed by atoms with Gasteiger partial charge in [0.25, 0.3) is 11.8 Å². The predicted molar refractivity (Wildman–Crippen MR) is 109 cm³/mol. The first kappa shape index (κ1) is 20.1. The van der Waals surface area contributed by atoms with Crippen LogP contribution >= 0.6 is 0 Å². The first-order valence-electron chi connectivity index (χ1n) is 10.2. The Balaban J connectivity index is 1.84. The lowest BCUT2D eigenvalue weighted by molar-refractivity contribution is 0.0775. The number of nitrogens with zero attached hydrogens (tertiary/aromatic N) is 3. The zero-order chi connectivity index (χ0) is 20.1. The molecule has 0 fully saturated rings. The molecule has 0 bridgehead atoms. The summed E-state index contributed by atoms with van der Waals surface area (Å²) in [6.45, 7) is 5.50. The van der Waals surface area contributed by atoms with Crippen molar-refractivity contribution in [3.8, 4) is 0 Å². The number of amides is 2. The third-order valence-corrected chi connectivity index (χ3v) is 5.37. The van der Waals surface area contributed by atoms with Crippen molar-refractivity contribution in [2.24, 2.45) is 0 Å². The Kier molecular flexibility index (Phi) is 6.49. The van der Waals surface area contributed by atoms with Crippen molar-refractivity contribution in [1.29, 1.82) is 0 Å². The van der Waals surface area contributed by atoms with Crippen molar-refractivity contribution in [2.75, 3.05) is 13.6 Å². The number of unbranched alkanes of at least 4 members (excludes halogenated alkanes) is 1. The van der Waals surface area contributed by atoms with Crippen molar-refractivity contribution in [3.63, 3.8) is 0 Å². The summed E-state index contributed by atoms with van der Waals surface area (Å²) in [5, 5.41) is 3.04. The molecule has 28 heavy (non-hydrogen) atoms. The molecular formula is C22H30N4O2. The highest BCUT2D eigenvalue weighted by Crippen LogP contribution is 2.23. The van der Waals surface area contributed by atoms with E-state index >= 15 is 0 Å². The Morgan fingerprint density at radius 1 is 1.25 bits per heavy atom. The van der Waals surface area contributed by atoms with E-state index < -0.39 is 0 Å². The van der Waals surface area contributed by atoms with Crippen LogP contribution in [0.2, 0.25) is 0 Å². The minimum atomic E-state index is -0.211. The van der Waals surface area contributed by atoms with E-state index in [0.29, 0.717) is 18.1 Å². The quantitative estimate of drug-likeness (QED) is 0.796. The van der Waals surface area contributed by atoms with E-state index in [0.717, 1.165) is 49.9 Å².